The number of fused-ring (bicyclic) bond motifs is 2. The summed E-state index contributed by atoms with van der Waals surface area (Å²) in [5, 5.41) is 0.759. The number of amides is 1. The topological polar surface area (TPSA) is 81.9 Å². The number of carbonyl (C=O) groups is 1. The maximum atomic E-state index is 12.2. The Morgan fingerprint density at radius 2 is 1.90 bits per heavy atom. The molecule has 5 rings (SSSR count). The zero-order valence-corrected chi connectivity index (χ0v) is 25.2. The number of hydrogen-bond acceptors (Lipinski definition) is 5. The van der Waals surface area contributed by atoms with E-state index < -0.39 is 5.91 Å². The van der Waals surface area contributed by atoms with E-state index in [1.54, 1.807) is 6.07 Å². The molecule has 2 aromatic carbocycles. The summed E-state index contributed by atoms with van der Waals surface area (Å²) in [4.78, 5) is 14.6. The van der Waals surface area contributed by atoms with Crippen LogP contribution in [0.5, 0.6) is 5.75 Å². The third-order valence-corrected chi connectivity index (χ3v) is 10.6. The summed E-state index contributed by atoms with van der Waals surface area (Å²) < 4.78 is 23.7. The highest BCUT2D eigenvalue weighted by atomic mass is 35.5. The second-order valence-corrected chi connectivity index (χ2v) is 13.0. The van der Waals surface area contributed by atoms with Gasteiger partial charge in [0.2, 0.25) is 11.7 Å². The Morgan fingerprint density at radius 3 is 2.58 bits per heavy atom. The zero-order chi connectivity index (χ0) is 28.2. The van der Waals surface area contributed by atoms with E-state index in [-0.39, 0.29) is 6.10 Å². The molecule has 2 N–H and O–H groups in total. The van der Waals surface area contributed by atoms with Gasteiger partial charge >= 0.3 is 11.7 Å². The highest BCUT2D eigenvalue weighted by Gasteiger charge is 2.48. The van der Waals surface area contributed by atoms with Crippen molar-refractivity contribution in [1.29, 1.82) is 0 Å². The molecule has 2 aliphatic carbocycles. The van der Waals surface area contributed by atoms with Crippen molar-refractivity contribution in [3.05, 3.63) is 58.1 Å². The van der Waals surface area contributed by atoms with E-state index in [1.807, 2.05) is 25.3 Å². The second kappa shape index (κ2) is 13.2. The number of methoxy groups -OCH3 is 1. The Morgan fingerprint density at radius 1 is 1.10 bits per heavy atom. The Hall–Kier alpha value is -2.22. The summed E-state index contributed by atoms with van der Waals surface area (Å²) in [6.45, 7) is 4.38. The van der Waals surface area contributed by atoms with Gasteiger partial charge in [-0.1, -0.05) is 24.6 Å². The van der Waals surface area contributed by atoms with Crippen molar-refractivity contribution in [2.45, 2.75) is 64.5 Å². The number of primary amides is 1. The summed E-state index contributed by atoms with van der Waals surface area (Å²) in [7, 11) is 1.86. The monoisotopic (exact) mass is 585 g/mol. The number of rotatable bonds is 9. The molecule has 0 aromatic heterocycles. The van der Waals surface area contributed by atoms with E-state index >= 15 is 0 Å². The van der Waals surface area contributed by atoms with Crippen molar-refractivity contribution in [2.24, 2.45) is 35.3 Å². The average molecular weight is 586 g/mol. The Balaban J connectivity index is 1.45. The first-order valence-corrected chi connectivity index (χ1v) is 16.0. The van der Waals surface area contributed by atoms with Crippen LogP contribution < -0.4 is 15.4 Å². The van der Waals surface area contributed by atoms with Crippen LogP contribution >= 0.6 is 11.6 Å². The third kappa shape index (κ3) is 6.32. The maximum absolute atomic E-state index is 12.2. The molecule has 2 fully saturated rings. The molecule has 6 atom stereocenters. The van der Waals surface area contributed by atoms with Crippen LogP contribution in [0.2, 0.25) is 5.02 Å². The molecule has 1 amide bonds. The van der Waals surface area contributed by atoms with E-state index in [9.17, 15) is 9.00 Å². The molecule has 6 nitrogen and oxygen atoms in total. The minimum atomic E-state index is -0.438. The number of benzene rings is 2. The maximum Gasteiger partial charge on any atom is 0.458 e. The van der Waals surface area contributed by atoms with Crippen LogP contribution in [0, 0.1) is 29.6 Å². The van der Waals surface area contributed by atoms with Crippen molar-refractivity contribution in [3.63, 3.8) is 0 Å². The van der Waals surface area contributed by atoms with Crippen molar-refractivity contribution >= 4 is 34.9 Å². The van der Waals surface area contributed by atoms with Crippen LogP contribution in [-0.2, 0) is 33.6 Å². The molecule has 1 aliphatic heterocycles. The molecule has 8 heteroatoms. The van der Waals surface area contributed by atoms with Crippen LogP contribution in [-0.4, -0.2) is 38.0 Å². The van der Waals surface area contributed by atoms with Gasteiger partial charge < -0.3 is 20.1 Å². The molecule has 0 bridgehead atoms. The molecule has 1 heterocycles. The van der Waals surface area contributed by atoms with E-state index in [2.05, 4.69) is 24.0 Å². The Bertz CT molecular complexity index is 1210. The third-order valence-electron chi connectivity index (χ3n) is 9.70. The largest absolute Gasteiger partial charge is 0.491 e. The molecule has 0 saturated heterocycles. The van der Waals surface area contributed by atoms with Crippen molar-refractivity contribution in [1.82, 2.24) is 0 Å². The molecule has 216 valence electrons. The zero-order valence-electron chi connectivity index (χ0n) is 23.7. The van der Waals surface area contributed by atoms with Gasteiger partial charge in [0.15, 0.2) is 0 Å². The lowest BCUT2D eigenvalue weighted by molar-refractivity contribution is -0.101. The lowest BCUT2D eigenvalue weighted by Crippen LogP contribution is -2.51. The number of nitrogens with zero attached hydrogens (tertiary/aromatic N) is 1. The summed E-state index contributed by atoms with van der Waals surface area (Å²) in [5.74, 6) is 3.45. The molecular formula is C32H42ClN2O4S+. The quantitative estimate of drug-likeness (QED) is 0.350. The van der Waals surface area contributed by atoms with Crippen LogP contribution in [0.4, 0.5) is 5.69 Å². The van der Waals surface area contributed by atoms with Crippen molar-refractivity contribution in [3.8, 4) is 5.75 Å². The number of aryl methyl sites for hydroxylation is 1. The number of nitrogens with two attached hydrogens (primary N) is 1. The normalized spacial score (nSPS) is 26.0. The molecule has 0 spiro atoms. The van der Waals surface area contributed by atoms with E-state index in [0.29, 0.717) is 65.7 Å². The SMILES string of the molecule is CO[C@@H](C1CCC1[C@H](C)C[S+]=O)[C@@H]1CC[C@H]1CN1Cc2ccc(Cl)cc2CCCCOc2ccc(C(N)=O)cc21. The van der Waals surface area contributed by atoms with Gasteiger partial charge in [-0.15, -0.1) is 0 Å². The lowest BCUT2D eigenvalue weighted by atomic mass is 9.58. The minimum Gasteiger partial charge on any atom is -0.491 e. The summed E-state index contributed by atoms with van der Waals surface area (Å²) in [6.07, 6.45) is 7.79. The first-order valence-electron chi connectivity index (χ1n) is 14.8. The number of halogens is 1. The summed E-state index contributed by atoms with van der Waals surface area (Å²) >= 11 is 7.13. The number of hydrogen-bond donors (Lipinski definition) is 1. The minimum absolute atomic E-state index is 0.208. The predicted molar refractivity (Wildman–Crippen MR) is 161 cm³/mol. The van der Waals surface area contributed by atoms with Crippen LogP contribution in [0.25, 0.3) is 0 Å². The van der Waals surface area contributed by atoms with E-state index in [0.717, 1.165) is 55.1 Å². The fourth-order valence-electron chi connectivity index (χ4n) is 7.18. The molecule has 2 saturated carbocycles. The van der Waals surface area contributed by atoms with E-state index in [4.69, 9.17) is 26.8 Å². The first kappa shape index (κ1) is 29.3. The molecule has 2 aromatic rings. The van der Waals surface area contributed by atoms with Crippen molar-refractivity contribution < 1.29 is 18.5 Å². The summed E-state index contributed by atoms with van der Waals surface area (Å²) in [5.41, 5.74) is 9.65. The second-order valence-electron chi connectivity index (χ2n) is 12.0. The highest BCUT2D eigenvalue weighted by molar-refractivity contribution is 7.65. The first-order chi connectivity index (χ1) is 19.4. The fourth-order valence-corrected chi connectivity index (χ4v) is 7.83. The van der Waals surface area contributed by atoms with Gasteiger partial charge in [0.05, 0.1) is 18.4 Å². The molecule has 0 radical (unpaired) electrons. The lowest BCUT2D eigenvalue weighted by Gasteiger charge is -2.51. The molecule has 3 aliphatic rings. The van der Waals surface area contributed by atoms with Gasteiger partial charge in [0.1, 0.15) is 5.75 Å². The number of carbonyl (C=O) groups excluding carboxylic acids is 1. The molecule has 2 unspecified atom stereocenters. The molecule has 40 heavy (non-hydrogen) atoms. The van der Waals surface area contributed by atoms with Gasteiger partial charge in [-0.05, 0) is 110 Å². The number of ether oxygens (including phenoxy) is 2. The van der Waals surface area contributed by atoms with Crippen LogP contribution in [0.1, 0.15) is 66.9 Å². The smallest absolute Gasteiger partial charge is 0.458 e. The van der Waals surface area contributed by atoms with Gasteiger partial charge in [0.25, 0.3) is 0 Å². The van der Waals surface area contributed by atoms with Crippen LogP contribution in [0.3, 0.4) is 0 Å². The van der Waals surface area contributed by atoms with Gasteiger partial charge in [-0.25, -0.2) is 0 Å². The number of anilines is 1. The van der Waals surface area contributed by atoms with Gasteiger partial charge in [0, 0.05) is 40.9 Å². The Kier molecular flexibility index (Phi) is 9.64. The average Bonchev–Trinajstić information content (AvgIpc) is 2.92. The summed E-state index contributed by atoms with van der Waals surface area (Å²) in [6, 6.07) is 11.8. The standard InChI is InChI=1S/C32H41ClN2O4S/c1-20(19-40-37)26-11-12-28(26)31(38-2)27-10-7-24(27)18-35-17-23-6-9-25(33)15-21(23)5-3-4-14-39-30-13-8-22(32(34)36)16-29(30)35/h6,8-9,13,15-16,20,24,26-28,31H,3-5,7,10-12,14,17-19H2,1-2H3,(H-,34,36)/p+1/t20-,24+,26?,27-,28?,31-/m1/s1. The molecular weight excluding hydrogens is 544 g/mol. The highest BCUT2D eigenvalue weighted by Crippen LogP contribution is 2.50. The van der Waals surface area contributed by atoms with Gasteiger partial charge in [-0.2, -0.15) is 0 Å². The van der Waals surface area contributed by atoms with Crippen molar-refractivity contribution in [2.75, 3.05) is 30.9 Å². The Labute approximate surface area is 247 Å². The van der Waals surface area contributed by atoms with Crippen LogP contribution in [0.15, 0.2) is 36.4 Å². The van der Waals surface area contributed by atoms with E-state index in [1.165, 1.54) is 24.0 Å². The van der Waals surface area contributed by atoms with Gasteiger partial charge in [-0.3, -0.25) is 4.79 Å². The fraction of sp³-hybridized carbons (Fsp3) is 0.594. The predicted octanol–water partition coefficient (Wildman–Crippen LogP) is 6.29.